The number of rotatable bonds is 13. The van der Waals surface area contributed by atoms with Crippen molar-refractivity contribution in [2.45, 2.75) is 72.1 Å². The zero-order valence-electron chi connectivity index (χ0n) is 13.6. The van der Waals surface area contributed by atoms with Crippen molar-refractivity contribution in [3.63, 3.8) is 0 Å². The molecular weight excluding hydrogens is 315 g/mol. The Kier molecular flexibility index (Phi) is 10.7. The van der Waals surface area contributed by atoms with Gasteiger partial charge in [-0.15, -0.1) is 0 Å². The summed E-state index contributed by atoms with van der Waals surface area (Å²) in [7, 11) is 0. The Morgan fingerprint density at radius 3 is 1.47 bits per heavy atom. The molecule has 0 aliphatic rings. The van der Waals surface area contributed by atoms with Crippen LogP contribution in [0.15, 0.2) is 12.7 Å². The van der Waals surface area contributed by atoms with Gasteiger partial charge in [0.25, 0.3) is 0 Å². The van der Waals surface area contributed by atoms with Gasteiger partial charge in [-0.1, -0.05) is 0 Å². The quantitative estimate of drug-likeness (QED) is 0.187. The van der Waals surface area contributed by atoms with E-state index in [2.05, 4.69) is 48.9 Å². The van der Waals surface area contributed by atoms with Crippen molar-refractivity contribution in [3.8, 4) is 0 Å². The van der Waals surface area contributed by atoms with Crippen LogP contribution in [0.1, 0.15) is 72.1 Å². The molecule has 0 aromatic heterocycles. The van der Waals surface area contributed by atoms with E-state index in [1.165, 1.54) is 76.0 Å². The Labute approximate surface area is 130 Å². The summed E-state index contributed by atoms with van der Waals surface area (Å²) in [6.07, 6.45) is 18.7. The molecule has 0 heterocycles. The predicted octanol–water partition coefficient (Wildman–Crippen LogP) is 7.22. The van der Waals surface area contributed by atoms with E-state index in [0.29, 0.717) is 0 Å². The van der Waals surface area contributed by atoms with Crippen molar-refractivity contribution in [1.29, 1.82) is 0 Å². The second-order valence-electron chi connectivity index (χ2n) is 6.21. The summed E-state index contributed by atoms with van der Waals surface area (Å²) in [4.78, 5) is 0. The third-order valence-electron chi connectivity index (χ3n) is 4.34. The van der Waals surface area contributed by atoms with E-state index in [9.17, 15) is 0 Å². The van der Waals surface area contributed by atoms with E-state index in [1.807, 2.05) is 0 Å². The van der Waals surface area contributed by atoms with Crippen molar-refractivity contribution in [3.05, 3.63) is 12.7 Å². The van der Waals surface area contributed by atoms with Gasteiger partial charge in [-0.25, -0.2) is 0 Å². The van der Waals surface area contributed by atoms with Crippen molar-refractivity contribution in [2.75, 3.05) is 24.6 Å². The second kappa shape index (κ2) is 10.4. The number of hydrogen-bond donors (Lipinski definition) is 0. The molecule has 0 amide bonds. The van der Waals surface area contributed by atoms with Crippen LogP contribution in [-0.2, 0) is 0 Å². The number of halogens is 1. The van der Waals surface area contributed by atoms with E-state index < -0.39 is 5.31 Å². The molecule has 0 nitrogen and oxygen atoms in total. The van der Waals surface area contributed by atoms with Gasteiger partial charge in [0.05, 0.1) is 0 Å². The first kappa shape index (κ1) is 19.7. The van der Waals surface area contributed by atoms with Gasteiger partial charge in [0.2, 0.25) is 0 Å². The van der Waals surface area contributed by atoms with Gasteiger partial charge in [-0.05, 0) is 0 Å². The van der Waals surface area contributed by atoms with Gasteiger partial charge in [0, 0.05) is 0 Å². The third kappa shape index (κ3) is 7.86. The molecule has 0 radical (unpaired) electrons. The molecule has 0 bridgehead atoms. The zero-order chi connectivity index (χ0) is 14.6. The fourth-order valence-electron chi connectivity index (χ4n) is 2.96. The Morgan fingerprint density at radius 1 is 0.789 bits per heavy atom. The Bertz CT molecular complexity index is 213. The Morgan fingerprint density at radius 2 is 1.16 bits per heavy atom. The molecule has 2 heteroatoms. The molecule has 0 unspecified atom stereocenters. The standard InChI is InChI=1S/C17H36BrP/c1-5-9-13-17-19(18,14-10-6-2,15-11-7-3)16-12-8-4/h5H,1,6-17H2,2-4H3. The molecule has 116 valence electrons. The molecule has 0 aliphatic heterocycles. The van der Waals surface area contributed by atoms with Crippen LogP contribution < -0.4 is 0 Å². The number of allylic oxidation sites excluding steroid dienone is 1. The van der Waals surface area contributed by atoms with Crippen molar-refractivity contribution < 1.29 is 0 Å². The number of hydrogen-bond acceptors (Lipinski definition) is 0. The van der Waals surface area contributed by atoms with E-state index in [-0.39, 0.29) is 0 Å². The summed E-state index contributed by atoms with van der Waals surface area (Å²) in [5.74, 6) is 0. The van der Waals surface area contributed by atoms with Gasteiger partial charge in [-0.3, -0.25) is 0 Å². The first-order valence-corrected chi connectivity index (χ1v) is 13.4. The van der Waals surface area contributed by atoms with Crippen molar-refractivity contribution >= 4 is 20.8 Å². The molecule has 0 rings (SSSR count). The topological polar surface area (TPSA) is 0 Å². The van der Waals surface area contributed by atoms with Gasteiger partial charge < -0.3 is 0 Å². The molecule has 0 aliphatic carbocycles. The summed E-state index contributed by atoms with van der Waals surface area (Å²) >= 11 is 4.42. The molecule has 19 heavy (non-hydrogen) atoms. The molecule has 0 saturated heterocycles. The zero-order valence-corrected chi connectivity index (χ0v) is 16.1. The summed E-state index contributed by atoms with van der Waals surface area (Å²) in [6, 6.07) is 0. The monoisotopic (exact) mass is 350 g/mol. The van der Waals surface area contributed by atoms with E-state index >= 15 is 0 Å². The van der Waals surface area contributed by atoms with Gasteiger partial charge in [-0.2, -0.15) is 0 Å². The molecule has 0 spiro atoms. The first-order valence-electron chi connectivity index (χ1n) is 8.37. The summed E-state index contributed by atoms with van der Waals surface area (Å²) in [6.45, 7) is 10.9. The van der Waals surface area contributed by atoms with Crippen LogP contribution in [0, 0.1) is 0 Å². The minimum absolute atomic E-state index is 1.19. The summed E-state index contributed by atoms with van der Waals surface area (Å²) in [5, 5.41) is -1.61. The van der Waals surface area contributed by atoms with E-state index in [4.69, 9.17) is 0 Å². The van der Waals surface area contributed by atoms with Crippen LogP contribution in [0.5, 0.6) is 0 Å². The van der Waals surface area contributed by atoms with Crippen LogP contribution in [0.3, 0.4) is 0 Å². The van der Waals surface area contributed by atoms with Gasteiger partial charge in [0.1, 0.15) is 0 Å². The molecule has 0 aromatic rings. The predicted molar refractivity (Wildman–Crippen MR) is 99.5 cm³/mol. The average Bonchev–Trinajstić information content (AvgIpc) is 2.42. The van der Waals surface area contributed by atoms with Crippen LogP contribution in [0.2, 0.25) is 0 Å². The maximum atomic E-state index is 4.42. The fraction of sp³-hybridized carbons (Fsp3) is 0.882. The first-order chi connectivity index (χ1) is 9.04. The van der Waals surface area contributed by atoms with Crippen LogP contribution in [0.4, 0.5) is 0 Å². The van der Waals surface area contributed by atoms with Gasteiger partial charge in [0.15, 0.2) is 0 Å². The fourth-order valence-corrected chi connectivity index (χ4v) is 11.6. The molecule has 0 fully saturated rings. The molecular formula is C17H36BrP. The Hall–Kier alpha value is 0.650. The van der Waals surface area contributed by atoms with Crippen molar-refractivity contribution in [2.24, 2.45) is 0 Å². The van der Waals surface area contributed by atoms with E-state index in [0.717, 1.165) is 0 Å². The van der Waals surface area contributed by atoms with E-state index in [1.54, 1.807) is 0 Å². The second-order valence-corrected chi connectivity index (χ2v) is 17.7. The third-order valence-corrected chi connectivity index (χ3v) is 14.3. The van der Waals surface area contributed by atoms with Crippen LogP contribution >= 0.6 is 20.8 Å². The van der Waals surface area contributed by atoms with Gasteiger partial charge >= 0.3 is 130 Å². The summed E-state index contributed by atoms with van der Waals surface area (Å²) < 4.78 is 0. The summed E-state index contributed by atoms with van der Waals surface area (Å²) in [5.41, 5.74) is 0. The molecule has 0 saturated carbocycles. The minimum atomic E-state index is -1.61. The SMILES string of the molecule is C=CCCCP(Br)(CCCC)(CCCC)CCCC. The Balaban J connectivity index is 4.86. The molecule has 0 atom stereocenters. The van der Waals surface area contributed by atoms with Crippen LogP contribution in [-0.4, -0.2) is 24.6 Å². The normalized spacial score (nSPS) is 14.0. The number of unbranched alkanes of at least 4 members (excludes halogenated alkanes) is 4. The maximum absolute atomic E-state index is 4.42. The average molecular weight is 351 g/mol. The molecule has 0 N–H and O–H groups in total. The van der Waals surface area contributed by atoms with Crippen molar-refractivity contribution in [1.82, 2.24) is 0 Å². The molecule has 0 aromatic carbocycles. The van der Waals surface area contributed by atoms with Crippen LogP contribution in [0.25, 0.3) is 0 Å².